The van der Waals surface area contributed by atoms with E-state index < -0.39 is 29.0 Å². The third kappa shape index (κ3) is 1.44. The maximum atomic E-state index is 13.4. The van der Waals surface area contributed by atoms with E-state index in [4.69, 9.17) is 4.74 Å². The molecule has 1 fully saturated rings. The zero-order valence-electron chi connectivity index (χ0n) is 11.1. The Kier molecular flexibility index (Phi) is 2.61. The number of carbonyl (C=O) groups is 2. The van der Waals surface area contributed by atoms with Crippen molar-refractivity contribution in [3.63, 3.8) is 0 Å². The van der Waals surface area contributed by atoms with Crippen LogP contribution in [0.4, 0.5) is 8.78 Å². The lowest BCUT2D eigenvalue weighted by Gasteiger charge is -2.32. The van der Waals surface area contributed by atoms with E-state index in [0.717, 1.165) is 12.1 Å². The third-order valence-electron chi connectivity index (χ3n) is 4.16. The first-order valence-corrected chi connectivity index (χ1v) is 6.37. The highest BCUT2D eigenvalue weighted by molar-refractivity contribution is 6.04. The van der Waals surface area contributed by atoms with Crippen molar-refractivity contribution in [2.75, 3.05) is 13.7 Å². The number of esters is 1. The quantitative estimate of drug-likeness (QED) is 0.777. The van der Waals surface area contributed by atoms with Gasteiger partial charge in [-0.1, -0.05) is 0 Å². The molecule has 0 bridgehead atoms. The molecule has 2 aliphatic rings. The number of ether oxygens (including phenoxy) is 1. The number of rotatable bonds is 2. The molecule has 1 saturated carbocycles. The maximum Gasteiger partial charge on any atom is 0.332 e. The van der Waals surface area contributed by atoms with Gasteiger partial charge >= 0.3 is 5.97 Å². The van der Waals surface area contributed by atoms with Gasteiger partial charge in [0.25, 0.3) is 5.91 Å². The van der Waals surface area contributed by atoms with Crippen LogP contribution in [0.1, 0.15) is 35.2 Å². The van der Waals surface area contributed by atoms with Crippen molar-refractivity contribution in [2.45, 2.75) is 24.8 Å². The predicted octanol–water partition coefficient (Wildman–Crippen LogP) is 1.84. The number of fused-ring (bicyclic) bond motifs is 3. The Bertz CT molecular complexity index is 631. The van der Waals surface area contributed by atoms with Gasteiger partial charge in [-0.15, -0.1) is 0 Å². The largest absolute Gasteiger partial charge is 0.464 e. The molecule has 1 aliphatic carbocycles. The molecule has 2 atom stereocenters. The highest BCUT2D eigenvalue weighted by atomic mass is 19.2. The van der Waals surface area contributed by atoms with Gasteiger partial charge in [0.1, 0.15) is 5.54 Å². The molecule has 4 nitrogen and oxygen atoms in total. The molecule has 1 aromatic rings. The summed E-state index contributed by atoms with van der Waals surface area (Å²) in [5, 5.41) is 0. The first kappa shape index (κ1) is 13.0. The van der Waals surface area contributed by atoms with Crippen molar-refractivity contribution in [1.29, 1.82) is 0 Å². The Balaban J connectivity index is 2.10. The van der Waals surface area contributed by atoms with E-state index in [1.54, 1.807) is 6.92 Å². The van der Waals surface area contributed by atoms with Crippen LogP contribution in [0, 0.1) is 11.6 Å². The molecule has 3 rings (SSSR count). The Hall–Kier alpha value is -1.98. The van der Waals surface area contributed by atoms with Gasteiger partial charge in [-0.25, -0.2) is 13.6 Å². The molecule has 20 heavy (non-hydrogen) atoms. The average Bonchev–Trinajstić information content (AvgIpc) is 3.16. The van der Waals surface area contributed by atoms with Gasteiger partial charge in [0.2, 0.25) is 0 Å². The number of halogens is 2. The molecule has 1 aliphatic heterocycles. The van der Waals surface area contributed by atoms with Crippen molar-refractivity contribution >= 4 is 11.9 Å². The number of benzene rings is 1. The number of hydrogen-bond acceptors (Lipinski definition) is 3. The Morgan fingerprint density at radius 3 is 2.75 bits per heavy atom. The van der Waals surface area contributed by atoms with Crippen molar-refractivity contribution in [1.82, 2.24) is 4.90 Å². The Morgan fingerprint density at radius 2 is 2.10 bits per heavy atom. The normalized spacial score (nSPS) is 26.9. The van der Waals surface area contributed by atoms with Crippen LogP contribution in [0.3, 0.4) is 0 Å². The van der Waals surface area contributed by atoms with Crippen molar-refractivity contribution in [2.24, 2.45) is 0 Å². The molecule has 0 radical (unpaired) electrons. The van der Waals surface area contributed by atoms with Crippen molar-refractivity contribution < 1.29 is 23.1 Å². The molecular formula is C14H13F2NO3. The second-order valence-corrected chi connectivity index (χ2v) is 5.12. The minimum Gasteiger partial charge on any atom is -0.464 e. The van der Waals surface area contributed by atoms with E-state index in [1.807, 2.05) is 0 Å². The van der Waals surface area contributed by atoms with Crippen LogP contribution >= 0.6 is 0 Å². The summed E-state index contributed by atoms with van der Waals surface area (Å²) in [6, 6.07) is 1.91. The summed E-state index contributed by atoms with van der Waals surface area (Å²) in [4.78, 5) is 25.6. The molecule has 6 heteroatoms. The predicted molar refractivity (Wildman–Crippen MR) is 65.2 cm³/mol. The SMILES string of the molecule is CCOC(=O)C12CC1c1cc(F)c(F)cc1C(=O)N2C. The zero-order valence-corrected chi connectivity index (χ0v) is 11.1. The fourth-order valence-electron chi connectivity index (χ4n) is 3.01. The topological polar surface area (TPSA) is 46.6 Å². The summed E-state index contributed by atoms with van der Waals surface area (Å²) in [5.41, 5.74) is -0.543. The van der Waals surface area contributed by atoms with Crippen LogP contribution in [-0.4, -0.2) is 36.0 Å². The monoisotopic (exact) mass is 281 g/mol. The minimum absolute atomic E-state index is 0.119. The molecular weight excluding hydrogens is 268 g/mol. The summed E-state index contributed by atoms with van der Waals surface area (Å²) in [5.74, 6) is -3.37. The van der Waals surface area contributed by atoms with E-state index in [2.05, 4.69) is 0 Å². The van der Waals surface area contributed by atoms with Crippen LogP contribution in [0.2, 0.25) is 0 Å². The molecule has 0 aromatic heterocycles. The number of likely N-dealkylation sites (N-methyl/N-ethyl adjacent to an activating group) is 1. The van der Waals surface area contributed by atoms with Gasteiger partial charge < -0.3 is 9.64 Å². The molecule has 1 aromatic carbocycles. The first-order valence-electron chi connectivity index (χ1n) is 6.37. The van der Waals surface area contributed by atoms with Gasteiger partial charge in [0.15, 0.2) is 11.6 Å². The number of amides is 1. The third-order valence-corrected chi connectivity index (χ3v) is 4.16. The summed E-state index contributed by atoms with van der Waals surface area (Å²) in [6.45, 7) is 1.89. The molecule has 2 unspecified atom stereocenters. The summed E-state index contributed by atoms with van der Waals surface area (Å²) >= 11 is 0. The Labute approximate surface area is 114 Å². The van der Waals surface area contributed by atoms with Crippen LogP contribution in [0.15, 0.2) is 12.1 Å². The molecule has 106 valence electrons. The summed E-state index contributed by atoms with van der Waals surface area (Å²) in [6.07, 6.45) is 0.381. The van der Waals surface area contributed by atoms with Gasteiger partial charge in [0, 0.05) is 18.5 Å². The lowest BCUT2D eigenvalue weighted by Crippen LogP contribution is -2.49. The van der Waals surface area contributed by atoms with Gasteiger partial charge in [-0.05, 0) is 31.0 Å². The summed E-state index contributed by atoms with van der Waals surface area (Å²) < 4.78 is 31.7. The van der Waals surface area contributed by atoms with E-state index in [9.17, 15) is 18.4 Å². The van der Waals surface area contributed by atoms with E-state index >= 15 is 0 Å². The highest BCUT2D eigenvalue weighted by Crippen LogP contribution is 2.59. The first-order chi connectivity index (χ1) is 9.43. The standard InChI is InChI=1S/C14H13F2NO3/c1-3-20-13(19)14-6-9(14)7-4-10(15)11(16)5-8(7)12(18)17(14)2/h4-5,9H,3,6H2,1-2H3. The summed E-state index contributed by atoms with van der Waals surface area (Å²) in [7, 11) is 1.49. The lowest BCUT2D eigenvalue weighted by atomic mass is 9.93. The highest BCUT2D eigenvalue weighted by Gasteiger charge is 2.69. The van der Waals surface area contributed by atoms with Gasteiger partial charge in [-0.3, -0.25) is 4.79 Å². The maximum absolute atomic E-state index is 13.4. The van der Waals surface area contributed by atoms with Crippen molar-refractivity contribution in [3.8, 4) is 0 Å². The van der Waals surface area contributed by atoms with Gasteiger partial charge in [0.05, 0.1) is 6.61 Å². The van der Waals surface area contributed by atoms with E-state index in [1.165, 1.54) is 11.9 Å². The smallest absolute Gasteiger partial charge is 0.332 e. The molecule has 0 N–H and O–H groups in total. The minimum atomic E-state index is -1.06. The molecule has 0 saturated heterocycles. The fraction of sp³-hybridized carbons (Fsp3) is 0.429. The molecule has 1 heterocycles. The second kappa shape index (κ2) is 4.01. The Morgan fingerprint density at radius 1 is 1.45 bits per heavy atom. The van der Waals surface area contributed by atoms with E-state index in [0.29, 0.717) is 12.0 Å². The fourth-order valence-corrected chi connectivity index (χ4v) is 3.01. The van der Waals surface area contributed by atoms with Crippen LogP contribution in [-0.2, 0) is 9.53 Å². The number of nitrogens with zero attached hydrogens (tertiary/aromatic N) is 1. The average molecular weight is 281 g/mol. The van der Waals surface area contributed by atoms with Gasteiger partial charge in [-0.2, -0.15) is 0 Å². The van der Waals surface area contributed by atoms with Crippen LogP contribution in [0.5, 0.6) is 0 Å². The number of hydrogen-bond donors (Lipinski definition) is 0. The van der Waals surface area contributed by atoms with Crippen LogP contribution < -0.4 is 0 Å². The lowest BCUT2D eigenvalue weighted by molar-refractivity contribution is -0.150. The van der Waals surface area contributed by atoms with E-state index in [-0.39, 0.29) is 18.1 Å². The number of carbonyl (C=O) groups excluding carboxylic acids is 2. The van der Waals surface area contributed by atoms with Crippen LogP contribution in [0.25, 0.3) is 0 Å². The zero-order chi connectivity index (χ0) is 14.7. The van der Waals surface area contributed by atoms with Crippen molar-refractivity contribution in [3.05, 3.63) is 34.9 Å². The second-order valence-electron chi connectivity index (χ2n) is 5.12. The molecule has 1 amide bonds. The molecule has 0 spiro atoms.